The molecule has 1 heterocycles. The van der Waals surface area contributed by atoms with E-state index in [1.807, 2.05) is 38.5 Å². The van der Waals surface area contributed by atoms with Gasteiger partial charge in [-0.15, -0.1) is 0 Å². The highest BCUT2D eigenvalue weighted by atomic mass is 14.7. The fraction of sp³-hybridized carbons (Fsp3) is 0.444. The molecule has 1 rings (SSSR count). The second-order valence-corrected chi connectivity index (χ2v) is 2.17. The Morgan fingerprint density at radius 3 is 2.27 bits per heavy atom. The van der Waals surface area contributed by atoms with Crippen LogP contribution in [0.25, 0.3) is 0 Å². The van der Waals surface area contributed by atoms with Crippen molar-refractivity contribution in [3.05, 3.63) is 30.1 Å². The van der Waals surface area contributed by atoms with Gasteiger partial charge in [-0.1, -0.05) is 13.0 Å². The predicted octanol–water partition coefficient (Wildman–Crippen LogP) is 1.48. The fourth-order valence-electron chi connectivity index (χ4n) is 0.607. The van der Waals surface area contributed by atoms with Gasteiger partial charge in [0, 0.05) is 11.9 Å². The van der Waals surface area contributed by atoms with Gasteiger partial charge in [0.2, 0.25) is 0 Å². The van der Waals surface area contributed by atoms with Crippen molar-refractivity contribution in [1.29, 1.82) is 0 Å². The quantitative estimate of drug-likeness (QED) is 0.659. The summed E-state index contributed by atoms with van der Waals surface area (Å²) in [5, 5.41) is 2.75. The van der Waals surface area contributed by atoms with Crippen LogP contribution >= 0.6 is 0 Å². The zero-order valence-corrected chi connectivity index (χ0v) is 7.46. The molecule has 2 nitrogen and oxygen atoms in total. The van der Waals surface area contributed by atoms with Gasteiger partial charge >= 0.3 is 0 Å². The zero-order chi connectivity index (χ0) is 8.53. The van der Waals surface area contributed by atoms with Crippen LogP contribution in [0.3, 0.4) is 0 Å². The lowest BCUT2D eigenvalue weighted by Gasteiger charge is -1.88. The molecule has 0 aliphatic carbocycles. The van der Waals surface area contributed by atoms with Crippen molar-refractivity contribution >= 4 is 0 Å². The van der Waals surface area contributed by atoms with E-state index >= 15 is 0 Å². The third-order valence-electron chi connectivity index (χ3n) is 1.09. The van der Waals surface area contributed by atoms with Crippen LogP contribution in [0.5, 0.6) is 0 Å². The number of aryl methyl sites for hydroxylation is 1. The summed E-state index contributed by atoms with van der Waals surface area (Å²) < 4.78 is 0. The summed E-state index contributed by atoms with van der Waals surface area (Å²) in [6, 6.07) is 5.96. The van der Waals surface area contributed by atoms with Crippen LogP contribution in [0.15, 0.2) is 24.4 Å². The molecule has 0 radical (unpaired) electrons. The minimum absolute atomic E-state index is 1.03. The number of nitrogens with zero attached hydrogens (tertiary/aromatic N) is 1. The minimum Gasteiger partial charge on any atom is -0.323 e. The van der Waals surface area contributed by atoms with Gasteiger partial charge in [0.05, 0.1) is 0 Å². The average molecular weight is 152 g/mol. The third-order valence-corrected chi connectivity index (χ3v) is 1.09. The Balaban J connectivity index is 0.000000292. The lowest BCUT2D eigenvalue weighted by atomic mass is 10.3. The molecule has 1 aromatic rings. The topological polar surface area (TPSA) is 24.9 Å². The molecule has 0 fully saturated rings. The molecule has 0 unspecified atom stereocenters. The van der Waals surface area contributed by atoms with Crippen molar-refractivity contribution < 1.29 is 0 Å². The highest BCUT2D eigenvalue weighted by molar-refractivity contribution is 5.02. The van der Waals surface area contributed by atoms with Crippen LogP contribution in [-0.4, -0.2) is 19.1 Å². The molecular formula is C9H16N2. The summed E-state index contributed by atoms with van der Waals surface area (Å²) in [5.74, 6) is 0. The SMILES string of the molecule is CCc1ccccn1.CNC. The number of hydrogen-bond donors (Lipinski definition) is 1. The van der Waals surface area contributed by atoms with Crippen LogP contribution in [0.2, 0.25) is 0 Å². The van der Waals surface area contributed by atoms with E-state index in [-0.39, 0.29) is 0 Å². The van der Waals surface area contributed by atoms with Crippen LogP contribution in [0.4, 0.5) is 0 Å². The maximum Gasteiger partial charge on any atom is 0.0400 e. The Morgan fingerprint density at radius 2 is 2.00 bits per heavy atom. The molecular weight excluding hydrogens is 136 g/mol. The van der Waals surface area contributed by atoms with E-state index in [0.29, 0.717) is 0 Å². The van der Waals surface area contributed by atoms with Gasteiger partial charge in [0.1, 0.15) is 0 Å². The molecule has 0 spiro atoms. The van der Waals surface area contributed by atoms with E-state index in [1.165, 1.54) is 0 Å². The smallest absolute Gasteiger partial charge is 0.0400 e. The first kappa shape index (κ1) is 10.1. The summed E-state index contributed by atoms with van der Waals surface area (Å²) in [4.78, 5) is 4.10. The Kier molecular flexibility index (Phi) is 6.64. The van der Waals surface area contributed by atoms with E-state index < -0.39 is 0 Å². The zero-order valence-electron chi connectivity index (χ0n) is 7.46. The van der Waals surface area contributed by atoms with Crippen molar-refractivity contribution in [3.63, 3.8) is 0 Å². The largest absolute Gasteiger partial charge is 0.323 e. The summed E-state index contributed by atoms with van der Waals surface area (Å²) in [6.45, 7) is 2.10. The molecule has 0 saturated carbocycles. The molecule has 62 valence electrons. The first-order valence-electron chi connectivity index (χ1n) is 3.83. The van der Waals surface area contributed by atoms with Gasteiger partial charge in [-0.05, 0) is 32.6 Å². The standard InChI is InChI=1S/C7H9N.C2H7N/c1-2-7-5-3-4-6-8-7;1-3-2/h3-6H,2H2,1H3;3H,1-2H3. The van der Waals surface area contributed by atoms with Crippen molar-refractivity contribution in [2.45, 2.75) is 13.3 Å². The van der Waals surface area contributed by atoms with E-state index in [9.17, 15) is 0 Å². The van der Waals surface area contributed by atoms with Gasteiger partial charge in [-0.3, -0.25) is 4.98 Å². The summed E-state index contributed by atoms with van der Waals surface area (Å²) in [5.41, 5.74) is 1.16. The van der Waals surface area contributed by atoms with E-state index in [4.69, 9.17) is 0 Å². The van der Waals surface area contributed by atoms with Crippen LogP contribution < -0.4 is 5.32 Å². The highest BCUT2D eigenvalue weighted by Crippen LogP contribution is 1.91. The first-order valence-corrected chi connectivity index (χ1v) is 3.83. The Labute approximate surface area is 68.7 Å². The van der Waals surface area contributed by atoms with Gasteiger partial charge in [0.25, 0.3) is 0 Å². The van der Waals surface area contributed by atoms with Crippen molar-refractivity contribution in [1.82, 2.24) is 10.3 Å². The third kappa shape index (κ3) is 5.55. The summed E-state index contributed by atoms with van der Waals surface area (Å²) in [7, 11) is 3.75. The first-order chi connectivity index (χ1) is 5.35. The number of pyridine rings is 1. The second-order valence-electron chi connectivity index (χ2n) is 2.17. The monoisotopic (exact) mass is 152 g/mol. The Hall–Kier alpha value is -0.890. The van der Waals surface area contributed by atoms with E-state index in [1.54, 1.807) is 0 Å². The van der Waals surface area contributed by atoms with Gasteiger partial charge in [-0.2, -0.15) is 0 Å². The number of hydrogen-bond acceptors (Lipinski definition) is 2. The normalized spacial score (nSPS) is 8.27. The van der Waals surface area contributed by atoms with Gasteiger partial charge < -0.3 is 5.32 Å². The molecule has 0 bridgehead atoms. The molecule has 11 heavy (non-hydrogen) atoms. The number of aromatic nitrogens is 1. The molecule has 0 atom stereocenters. The van der Waals surface area contributed by atoms with Crippen molar-refractivity contribution in [3.8, 4) is 0 Å². The van der Waals surface area contributed by atoms with Gasteiger partial charge in [0.15, 0.2) is 0 Å². The highest BCUT2D eigenvalue weighted by Gasteiger charge is 1.81. The molecule has 2 heteroatoms. The van der Waals surface area contributed by atoms with Crippen molar-refractivity contribution in [2.75, 3.05) is 14.1 Å². The average Bonchev–Trinajstić information content (AvgIpc) is 2.08. The predicted molar refractivity (Wildman–Crippen MR) is 48.6 cm³/mol. The maximum atomic E-state index is 4.10. The van der Waals surface area contributed by atoms with Crippen LogP contribution in [0, 0.1) is 0 Å². The molecule has 1 aromatic heterocycles. The molecule has 0 aromatic carbocycles. The van der Waals surface area contributed by atoms with Gasteiger partial charge in [-0.25, -0.2) is 0 Å². The Bertz CT molecular complexity index is 160. The molecule has 0 aliphatic rings. The lowest BCUT2D eigenvalue weighted by molar-refractivity contribution is 1.02. The van der Waals surface area contributed by atoms with E-state index in [2.05, 4.69) is 17.2 Å². The second kappa shape index (κ2) is 7.22. The molecule has 0 amide bonds. The summed E-state index contributed by atoms with van der Waals surface area (Å²) >= 11 is 0. The van der Waals surface area contributed by atoms with Crippen LogP contribution in [0.1, 0.15) is 12.6 Å². The maximum absolute atomic E-state index is 4.10. The number of nitrogens with one attached hydrogen (secondary N) is 1. The molecule has 0 saturated heterocycles. The fourth-order valence-corrected chi connectivity index (χ4v) is 0.607. The summed E-state index contributed by atoms with van der Waals surface area (Å²) in [6.07, 6.45) is 2.85. The minimum atomic E-state index is 1.03. The molecule has 1 N–H and O–H groups in total. The lowest BCUT2D eigenvalue weighted by Crippen LogP contribution is -1.89. The van der Waals surface area contributed by atoms with E-state index in [0.717, 1.165) is 12.1 Å². The van der Waals surface area contributed by atoms with Crippen molar-refractivity contribution in [2.24, 2.45) is 0 Å². The number of rotatable bonds is 1. The Morgan fingerprint density at radius 1 is 1.36 bits per heavy atom. The molecule has 0 aliphatic heterocycles. The van der Waals surface area contributed by atoms with Crippen LogP contribution in [-0.2, 0) is 6.42 Å².